The molecule has 33 heavy (non-hydrogen) atoms. The summed E-state index contributed by atoms with van der Waals surface area (Å²) in [6.45, 7) is 2.17. The highest BCUT2D eigenvalue weighted by Gasteiger charge is 2.18. The lowest BCUT2D eigenvalue weighted by Gasteiger charge is -2.26. The first-order valence-corrected chi connectivity index (χ1v) is 10.5. The summed E-state index contributed by atoms with van der Waals surface area (Å²) < 4.78 is 11.0. The maximum Gasteiger partial charge on any atom is 0.124 e. The lowest BCUT2D eigenvalue weighted by Crippen LogP contribution is -2.32. The van der Waals surface area contributed by atoms with Crippen molar-refractivity contribution < 1.29 is 9.47 Å². The summed E-state index contributed by atoms with van der Waals surface area (Å²) in [7, 11) is 4.97. The molecule has 2 heterocycles. The van der Waals surface area contributed by atoms with E-state index >= 15 is 0 Å². The van der Waals surface area contributed by atoms with Crippen LogP contribution in [-0.4, -0.2) is 62.9 Å². The number of amidine groups is 1. The first-order valence-electron chi connectivity index (χ1n) is 10.5. The van der Waals surface area contributed by atoms with Gasteiger partial charge in [0.15, 0.2) is 0 Å². The summed E-state index contributed by atoms with van der Waals surface area (Å²) in [5.74, 6) is 2.33. The molecule has 0 unspecified atom stereocenters. The largest absolute Gasteiger partial charge is 0.497 e. The molecule has 0 fully saturated rings. The maximum absolute atomic E-state index is 5.76. The van der Waals surface area contributed by atoms with Crippen molar-refractivity contribution in [1.82, 2.24) is 15.3 Å². The van der Waals surface area contributed by atoms with Crippen LogP contribution in [0.3, 0.4) is 0 Å². The van der Waals surface area contributed by atoms with Crippen LogP contribution >= 0.6 is 0 Å². The number of anilines is 2. The van der Waals surface area contributed by atoms with Gasteiger partial charge in [-0.2, -0.15) is 0 Å². The monoisotopic (exact) mass is 445 g/mol. The van der Waals surface area contributed by atoms with E-state index in [0.717, 1.165) is 41.3 Å². The molecule has 0 saturated heterocycles. The van der Waals surface area contributed by atoms with Crippen molar-refractivity contribution in [3.8, 4) is 11.5 Å². The van der Waals surface area contributed by atoms with Gasteiger partial charge in [0.1, 0.15) is 17.3 Å². The normalized spacial score (nSPS) is 13.8. The van der Waals surface area contributed by atoms with Gasteiger partial charge in [-0.25, -0.2) is 4.98 Å². The molecule has 170 valence electrons. The fraction of sp³-hybridized carbons (Fsp3) is 0.250. The fourth-order valence-corrected chi connectivity index (χ4v) is 3.62. The Balaban J connectivity index is 1.81. The van der Waals surface area contributed by atoms with Crippen molar-refractivity contribution in [2.75, 3.05) is 45.8 Å². The molecule has 0 spiro atoms. The zero-order chi connectivity index (χ0) is 23.2. The van der Waals surface area contributed by atoms with Crippen LogP contribution in [0.4, 0.5) is 11.4 Å². The van der Waals surface area contributed by atoms with Gasteiger partial charge >= 0.3 is 0 Å². The zero-order valence-electron chi connectivity index (χ0n) is 18.9. The Labute approximate surface area is 192 Å². The Morgan fingerprint density at radius 2 is 1.91 bits per heavy atom. The van der Waals surface area contributed by atoms with Crippen molar-refractivity contribution in [2.24, 2.45) is 15.7 Å². The number of aliphatic imine (C=N–C) groups is 2. The lowest BCUT2D eigenvalue weighted by atomic mass is 10.1. The topological polar surface area (TPSA) is 110 Å². The number of benzene rings is 2. The van der Waals surface area contributed by atoms with Crippen LogP contribution in [0.15, 0.2) is 58.8 Å². The van der Waals surface area contributed by atoms with Crippen LogP contribution in [0.2, 0.25) is 0 Å². The van der Waals surface area contributed by atoms with E-state index in [0.29, 0.717) is 29.3 Å². The van der Waals surface area contributed by atoms with Gasteiger partial charge in [-0.3, -0.25) is 15.0 Å². The van der Waals surface area contributed by atoms with E-state index in [2.05, 4.69) is 25.2 Å². The summed E-state index contributed by atoms with van der Waals surface area (Å²) in [4.78, 5) is 20.1. The predicted molar refractivity (Wildman–Crippen MR) is 133 cm³/mol. The Bertz CT molecular complexity index is 1210. The molecule has 0 amide bonds. The van der Waals surface area contributed by atoms with Gasteiger partial charge in [-0.05, 0) is 18.2 Å². The molecular weight excluding hydrogens is 418 g/mol. The Kier molecular flexibility index (Phi) is 6.68. The second-order valence-corrected chi connectivity index (χ2v) is 7.35. The van der Waals surface area contributed by atoms with E-state index in [4.69, 9.17) is 20.2 Å². The number of aromatic nitrogens is 2. The molecule has 3 N–H and O–H groups in total. The number of nitrogens with two attached hydrogens (primary N) is 1. The average Bonchev–Trinajstić information content (AvgIpc) is 3.38. The molecule has 9 heteroatoms. The molecular formula is C24H27N7O2. The Morgan fingerprint density at radius 1 is 1.12 bits per heavy atom. The number of hydrogen-bond donors (Lipinski definition) is 2. The van der Waals surface area contributed by atoms with E-state index < -0.39 is 0 Å². The van der Waals surface area contributed by atoms with Crippen molar-refractivity contribution in [3.63, 3.8) is 0 Å². The minimum atomic E-state index is 0.561. The molecule has 0 saturated carbocycles. The zero-order valence-corrected chi connectivity index (χ0v) is 18.9. The number of methoxy groups -OCH3 is 2. The van der Waals surface area contributed by atoms with E-state index in [1.165, 1.54) is 6.20 Å². The van der Waals surface area contributed by atoms with Crippen LogP contribution in [-0.2, 0) is 0 Å². The van der Waals surface area contributed by atoms with Crippen molar-refractivity contribution in [3.05, 3.63) is 54.5 Å². The maximum atomic E-state index is 5.76. The predicted octanol–water partition coefficient (Wildman–Crippen LogP) is 2.79. The minimum absolute atomic E-state index is 0.561. The average molecular weight is 446 g/mol. The van der Waals surface area contributed by atoms with Gasteiger partial charge in [0.2, 0.25) is 0 Å². The molecule has 0 atom stereocenters. The Hall–Kier alpha value is -4.14. The number of rotatable bonds is 8. The lowest BCUT2D eigenvalue weighted by molar-refractivity contribution is 0.394. The fourth-order valence-electron chi connectivity index (χ4n) is 3.62. The van der Waals surface area contributed by atoms with Gasteiger partial charge in [0, 0.05) is 61.2 Å². The summed E-state index contributed by atoms with van der Waals surface area (Å²) in [6.07, 6.45) is 4.84. The molecule has 1 aliphatic heterocycles. The summed E-state index contributed by atoms with van der Waals surface area (Å²) in [5, 5.41) is 3.35. The van der Waals surface area contributed by atoms with E-state index in [9.17, 15) is 0 Å². The Morgan fingerprint density at radius 3 is 2.55 bits per heavy atom. The standard InChI is InChI=1S/C24H27N7O2/c1-26-13-16(12-25)23-14-29-21-5-4-17(10-22(21)30-23)31(15-24-27-6-7-28-24)18-8-19(32-2)11-20(9-18)33-3/h4-5,8-14H,6-7,15,25H2,1-3H3,(H,27,28). The van der Waals surface area contributed by atoms with E-state index in [1.807, 2.05) is 36.4 Å². The van der Waals surface area contributed by atoms with Gasteiger partial charge < -0.3 is 25.4 Å². The minimum Gasteiger partial charge on any atom is -0.497 e. The first-order chi connectivity index (χ1) is 16.1. The third-order valence-corrected chi connectivity index (χ3v) is 5.28. The van der Waals surface area contributed by atoms with Gasteiger partial charge in [0.25, 0.3) is 0 Å². The highest BCUT2D eigenvalue weighted by Crippen LogP contribution is 2.34. The van der Waals surface area contributed by atoms with Gasteiger partial charge in [0.05, 0.1) is 50.2 Å². The molecule has 1 aliphatic rings. The molecule has 1 aromatic heterocycles. The third-order valence-electron chi connectivity index (χ3n) is 5.28. The van der Waals surface area contributed by atoms with Crippen molar-refractivity contribution in [2.45, 2.75) is 0 Å². The highest BCUT2D eigenvalue weighted by molar-refractivity contribution is 6.09. The number of nitrogens with one attached hydrogen (secondary N) is 1. The van der Waals surface area contributed by atoms with Crippen LogP contribution in [0.5, 0.6) is 11.5 Å². The summed E-state index contributed by atoms with van der Waals surface area (Å²) >= 11 is 0. The second-order valence-electron chi connectivity index (χ2n) is 7.35. The number of hydrogen-bond acceptors (Lipinski definition) is 9. The molecule has 3 aromatic rings. The first kappa shape index (κ1) is 22.1. The summed E-state index contributed by atoms with van der Waals surface area (Å²) in [5.41, 5.74) is 10.5. The van der Waals surface area contributed by atoms with Crippen LogP contribution in [0.25, 0.3) is 16.6 Å². The number of allylic oxidation sites excluding steroid dienone is 1. The van der Waals surface area contributed by atoms with E-state index in [1.54, 1.807) is 33.7 Å². The molecule has 0 aliphatic carbocycles. The van der Waals surface area contributed by atoms with Crippen molar-refractivity contribution >= 4 is 40.0 Å². The van der Waals surface area contributed by atoms with Crippen molar-refractivity contribution in [1.29, 1.82) is 0 Å². The van der Waals surface area contributed by atoms with Crippen LogP contribution < -0.4 is 25.4 Å². The van der Waals surface area contributed by atoms with Gasteiger partial charge in [-0.1, -0.05) is 0 Å². The highest BCUT2D eigenvalue weighted by atomic mass is 16.5. The molecule has 0 radical (unpaired) electrons. The molecule has 9 nitrogen and oxygen atoms in total. The molecule has 4 rings (SSSR count). The third kappa shape index (κ3) is 4.87. The van der Waals surface area contributed by atoms with E-state index in [-0.39, 0.29) is 0 Å². The van der Waals surface area contributed by atoms with Crippen LogP contribution in [0, 0.1) is 0 Å². The number of nitrogens with zero attached hydrogens (tertiary/aromatic N) is 5. The number of ether oxygens (including phenoxy) is 2. The quantitative estimate of drug-likeness (QED) is 0.513. The second kappa shape index (κ2) is 9.99. The number of fused-ring (bicyclic) bond motifs is 1. The van der Waals surface area contributed by atoms with Crippen LogP contribution in [0.1, 0.15) is 5.69 Å². The molecule has 0 bridgehead atoms. The molecule has 2 aromatic carbocycles. The SMILES string of the molecule is CN=CC(=CN)c1cnc2ccc(N(CC3=NCCN3)c3cc(OC)cc(OC)c3)cc2n1. The van der Waals surface area contributed by atoms with Gasteiger partial charge in [-0.15, -0.1) is 0 Å². The summed E-state index contributed by atoms with van der Waals surface area (Å²) in [6, 6.07) is 11.8. The smallest absolute Gasteiger partial charge is 0.124 e.